The van der Waals surface area contributed by atoms with E-state index in [-0.39, 0.29) is 0 Å². The predicted molar refractivity (Wildman–Crippen MR) is 42.3 cm³/mol. The molecule has 1 N–H and O–H groups in total. The Morgan fingerprint density at radius 2 is 1.87 bits per heavy atom. The summed E-state index contributed by atoms with van der Waals surface area (Å²) >= 11 is 0. The molecule has 1 nitrogen and oxygen atoms in total. The molecule has 0 saturated carbocycles. The molecule has 1 unspecified atom stereocenters. The lowest BCUT2D eigenvalue weighted by molar-refractivity contribution is -0.137. The molecule has 0 amide bonds. The van der Waals surface area contributed by atoms with E-state index in [9.17, 15) is 22.0 Å². The first kappa shape index (κ1) is 11.9. The fourth-order valence-corrected chi connectivity index (χ4v) is 1.06. The van der Waals surface area contributed by atoms with Crippen LogP contribution in [0.2, 0.25) is 0 Å². The molecule has 0 aliphatic rings. The summed E-state index contributed by atoms with van der Waals surface area (Å²) in [6.45, 7) is -1.34. The van der Waals surface area contributed by atoms with Crippen LogP contribution in [0.25, 0.3) is 0 Å². The largest absolute Gasteiger partial charge is 0.416 e. The molecule has 0 spiro atoms. The van der Waals surface area contributed by atoms with Crippen LogP contribution in [0.5, 0.6) is 0 Å². The molecule has 1 aromatic carbocycles. The van der Waals surface area contributed by atoms with E-state index >= 15 is 0 Å². The normalized spacial score (nSPS) is 14.0. The van der Waals surface area contributed by atoms with Crippen LogP contribution in [0, 0.1) is 5.82 Å². The first-order valence-electron chi connectivity index (χ1n) is 3.97. The van der Waals surface area contributed by atoms with Crippen LogP contribution in [0.15, 0.2) is 18.2 Å². The standard InChI is InChI=1S/C9H7F5O/c10-4-8(15)6-3-5(9(12,13)14)1-2-7(6)11/h1-3,8,15H,4H2. The van der Waals surface area contributed by atoms with Crippen molar-refractivity contribution < 1.29 is 27.1 Å². The molecule has 1 rings (SSSR count). The lowest BCUT2D eigenvalue weighted by Gasteiger charge is -2.12. The van der Waals surface area contributed by atoms with Crippen molar-refractivity contribution >= 4 is 0 Å². The molecule has 0 radical (unpaired) electrons. The van der Waals surface area contributed by atoms with Gasteiger partial charge in [0.2, 0.25) is 0 Å². The lowest BCUT2D eigenvalue weighted by atomic mass is 10.1. The molecule has 0 aliphatic carbocycles. The van der Waals surface area contributed by atoms with Gasteiger partial charge < -0.3 is 5.11 Å². The minimum atomic E-state index is -4.64. The Hall–Kier alpha value is -1.17. The molecular weight excluding hydrogens is 219 g/mol. The van der Waals surface area contributed by atoms with Gasteiger partial charge in [0.15, 0.2) is 0 Å². The molecule has 0 bridgehead atoms. The summed E-state index contributed by atoms with van der Waals surface area (Å²) in [6, 6.07) is 1.49. The molecule has 0 saturated heterocycles. The third kappa shape index (κ3) is 2.65. The highest BCUT2D eigenvalue weighted by Crippen LogP contribution is 2.31. The van der Waals surface area contributed by atoms with Crippen molar-refractivity contribution in [1.82, 2.24) is 0 Å². The summed E-state index contributed by atoms with van der Waals surface area (Å²) < 4.78 is 61.4. The molecule has 0 heterocycles. The predicted octanol–water partition coefficient (Wildman–Crippen LogP) is 2.85. The molecule has 0 aromatic heterocycles. The van der Waals surface area contributed by atoms with Gasteiger partial charge in [0.1, 0.15) is 18.6 Å². The van der Waals surface area contributed by atoms with Gasteiger partial charge in [-0.1, -0.05) is 0 Å². The van der Waals surface area contributed by atoms with E-state index in [4.69, 9.17) is 5.11 Å². The van der Waals surface area contributed by atoms with Gasteiger partial charge in [-0.05, 0) is 18.2 Å². The Kier molecular flexibility index (Phi) is 3.28. The highest BCUT2D eigenvalue weighted by molar-refractivity contribution is 5.28. The first-order chi connectivity index (χ1) is 6.86. The summed E-state index contributed by atoms with van der Waals surface area (Å²) in [4.78, 5) is 0. The Morgan fingerprint density at radius 3 is 2.33 bits per heavy atom. The van der Waals surface area contributed by atoms with Crippen molar-refractivity contribution in [2.24, 2.45) is 0 Å². The zero-order chi connectivity index (χ0) is 11.6. The average molecular weight is 226 g/mol. The van der Waals surface area contributed by atoms with Crippen molar-refractivity contribution in [3.63, 3.8) is 0 Å². The van der Waals surface area contributed by atoms with E-state index in [1.807, 2.05) is 0 Å². The second-order valence-corrected chi connectivity index (χ2v) is 2.90. The molecule has 15 heavy (non-hydrogen) atoms. The number of alkyl halides is 4. The molecule has 84 valence electrons. The fourth-order valence-electron chi connectivity index (χ4n) is 1.06. The van der Waals surface area contributed by atoms with Gasteiger partial charge in [-0.3, -0.25) is 0 Å². The van der Waals surface area contributed by atoms with E-state index in [0.29, 0.717) is 18.2 Å². The van der Waals surface area contributed by atoms with E-state index in [0.717, 1.165) is 0 Å². The summed E-state index contributed by atoms with van der Waals surface area (Å²) in [5, 5.41) is 8.92. The van der Waals surface area contributed by atoms with Crippen molar-refractivity contribution in [2.75, 3.05) is 6.67 Å². The smallest absolute Gasteiger partial charge is 0.386 e. The minimum Gasteiger partial charge on any atom is -0.386 e. The Morgan fingerprint density at radius 1 is 1.27 bits per heavy atom. The number of halogens is 5. The van der Waals surface area contributed by atoms with E-state index in [2.05, 4.69) is 0 Å². The molecule has 6 heteroatoms. The Bertz CT molecular complexity index is 347. The van der Waals surface area contributed by atoms with Crippen LogP contribution in [0.1, 0.15) is 17.2 Å². The summed E-state index contributed by atoms with van der Waals surface area (Å²) in [7, 11) is 0. The zero-order valence-corrected chi connectivity index (χ0v) is 7.35. The summed E-state index contributed by atoms with van der Waals surface area (Å²) in [5.41, 5.74) is -1.81. The van der Waals surface area contributed by atoms with E-state index in [1.165, 1.54) is 0 Å². The van der Waals surface area contributed by atoms with Gasteiger partial charge in [0.25, 0.3) is 0 Å². The van der Waals surface area contributed by atoms with Crippen molar-refractivity contribution in [1.29, 1.82) is 0 Å². The molecule has 1 aromatic rings. The number of hydrogen-bond donors (Lipinski definition) is 1. The average Bonchev–Trinajstić information content (AvgIpc) is 2.15. The van der Waals surface area contributed by atoms with Crippen LogP contribution in [-0.4, -0.2) is 11.8 Å². The molecule has 0 fully saturated rings. The maximum atomic E-state index is 12.9. The molecular formula is C9H7F5O. The highest BCUT2D eigenvalue weighted by atomic mass is 19.4. The number of rotatable bonds is 2. The van der Waals surface area contributed by atoms with Crippen molar-refractivity contribution in [2.45, 2.75) is 12.3 Å². The van der Waals surface area contributed by atoms with Crippen molar-refractivity contribution in [3.8, 4) is 0 Å². The van der Waals surface area contributed by atoms with Crippen LogP contribution in [0.4, 0.5) is 22.0 Å². The minimum absolute atomic E-state index is 0.402. The van der Waals surface area contributed by atoms with Gasteiger partial charge in [0, 0.05) is 5.56 Å². The van der Waals surface area contributed by atoms with E-state index in [1.54, 1.807) is 0 Å². The summed E-state index contributed by atoms with van der Waals surface area (Å²) in [6.07, 6.45) is -6.51. The van der Waals surface area contributed by atoms with E-state index < -0.39 is 35.9 Å². The number of benzene rings is 1. The Labute approximate surface area is 82.1 Å². The van der Waals surface area contributed by atoms with Gasteiger partial charge in [-0.15, -0.1) is 0 Å². The number of hydrogen-bond acceptors (Lipinski definition) is 1. The van der Waals surface area contributed by atoms with Crippen LogP contribution in [0.3, 0.4) is 0 Å². The zero-order valence-electron chi connectivity index (χ0n) is 7.35. The van der Waals surface area contributed by atoms with Gasteiger partial charge >= 0.3 is 6.18 Å². The van der Waals surface area contributed by atoms with Gasteiger partial charge in [-0.2, -0.15) is 13.2 Å². The SMILES string of the molecule is OC(CF)c1cc(C(F)(F)F)ccc1F. The van der Waals surface area contributed by atoms with Crippen LogP contribution in [-0.2, 0) is 6.18 Å². The second kappa shape index (κ2) is 4.14. The van der Waals surface area contributed by atoms with Crippen LogP contribution >= 0.6 is 0 Å². The topological polar surface area (TPSA) is 20.2 Å². The maximum absolute atomic E-state index is 12.9. The maximum Gasteiger partial charge on any atom is 0.416 e. The number of aliphatic hydroxyl groups excluding tert-OH is 1. The first-order valence-corrected chi connectivity index (χ1v) is 3.97. The second-order valence-electron chi connectivity index (χ2n) is 2.90. The third-order valence-electron chi connectivity index (χ3n) is 1.83. The van der Waals surface area contributed by atoms with Gasteiger partial charge in [0.05, 0.1) is 5.56 Å². The molecule has 0 aliphatic heterocycles. The summed E-state index contributed by atoms with van der Waals surface area (Å²) in [5.74, 6) is -1.06. The molecule has 1 atom stereocenters. The quantitative estimate of drug-likeness (QED) is 0.769. The third-order valence-corrected chi connectivity index (χ3v) is 1.83. The van der Waals surface area contributed by atoms with Crippen molar-refractivity contribution in [3.05, 3.63) is 35.1 Å². The van der Waals surface area contributed by atoms with Crippen LogP contribution < -0.4 is 0 Å². The lowest BCUT2D eigenvalue weighted by Crippen LogP contribution is -2.09. The number of aliphatic hydroxyl groups is 1. The van der Waals surface area contributed by atoms with Gasteiger partial charge in [-0.25, -0.2) is 8.78 Å². The Balaban J connectivity index is 3.17. The monoisotopic (exact) mass is 226 g/mol. The fraction of sp³-hybridized carbons (Fsp3) is 0.333. The highest BCUT2D eigenvalue weighted by Gasteiger charge is 2.31.